The van der Waals surface area contributed by atoms with Gasteiger partial charge in [-0.1, -0.05) is 133 Å². The van der Waals surface area contributed by atoms with Gasteiger partial charge in [0.15, 0.2) is 0 Å². The zero-order valence-electron chi connectivity index (χ0n) is 21.8. The Labute approximate surface area is 220 Å². The summed E-state index contributed by atoms with van der Waals surface area (Å²) in [5.41, 5.74) is 7.73. The lowest BCUT2D eigenvalue weighted by Crippen LogP contribution is -1.91. The summed E-state index contributed by atoms with van der Waals surface area (Å²) < 4.78 is 0. The highest BCUT2D eigenvalue weighted by atomic mass is 14.2. The monoisotopic (exact) mass is 476 g/mol. The van der Waals surface area contributed by atoms with Crippen molar-refractivity contribution in [2.75, 3.05) is 0 Å². The van der Waals surface area contributed by atoms with Crippen LogP contribution in [0.4, 0.5) is 0 Å². The zero-order chi connectivity index (χ0) is 25.8. The summed E-state index contributed by atoms with van der Waals surface area (Å²) in [4.78, 5) is 0. The molecule has 0 unspecified atom stereocenters. The molecular formula is C37H32. The Morgan fingerprint density at radius 3 is 1.27 bits per heavy atom. The van der Waals surface area contributed by atoms with Crippen LogP contribution < -0.4 is 0 Å². The minimum Gasteiger partial charge on any atom is -0.0991 e. The SMILES string of the molecule is C=C/C=C\C.Cc1ccc(-c2c3ccccc3c(-c3ccc(C)cc3)c3cc4ccccc4cc23)cc1. The molecule has 0 atom stereocenters. The molecule has 37 heavy (non-hydrogen) atoms. The fourth-order valence-electron chi connectivity index (χ4n) is 5.06. The number of hydrogen-bond donors (Lipinski definition) is 0. The van der Waals surface area contributed by atoms with Gasteiger partial charge in [0.05, 0.1) is 0 Å². The van der Waals surface area contributed by atoms with Gasteiger partial charge >= 0.3 is 0 Å². The molecule has 0 saturated heterocycles. The van der Waals surface area contributed by atoms with Crippen LogP contribution in [0, 0.1) is 13.8 Å². The second-order valence-corrected chi connectivity index (χ2v) is 9.53. The second-order valence-electron chi connectivity index (χ2n) is 9.53. The third kappa shape index (κ3) is 4.84. The average molecular weight is 477 g/mol. The molecular weight excluding hydrogens is 444 g/mol. The van der Waals surface area contributed by atoms with Crippen molar-refractivity contribution in [1.29, 1.82) is 0 Å². The van der Waals surface area contributed by atoms with Crippen molar-refractivity contribution >= 4 is 32.3 Å². The van der Waals surface area contributed by atoms with Crippen molar-refractivity contribution in [3.63, 3.8) is 0 Å². The van der Waals surface area contributed by atoms with Crippen molar-refractivity contribution in [2.45, 2.75) is 20.8 Å². The molecule has 0 saturated carbocycles. The van der Waals surface area contributed by atoms with E-state index in [1.165, 1.54) is 65.7 Å². The van der Waals surface area contributed by atoms with E-state index < -0.39 is 0 Å². The minimum absolute atomic E-state index is 1.27. The van der Waals surface area contributed by atoms with E-state index in [1.54, 1.807) is 6.08 Å². The van der Waals surface area contributed by atoms with E-state index in [9.17, 15) is 0 Å². The largest absolute Gasteiger partial charge is 0.0991 e. The van der Waals surface area contributed by atoms with E-state index in [4.69, 9.17) is 0 Å². The number of aryl methyl sites for hydroxylation is 2. The first-order chi connectivity index (χ1) is 18.1. The molecule has 0 spiro atoms. The van der Waals surface area contributed by atoms with Gasteiger partial charge in [0, 0.05) is 0 Å². The summed E-state index contributed by atoms with van der Waals surface area (Å²) >= 11 is 0. The maximum Gasteiger partial charge on any atom is -0.00261 e. The third-order valence-electron chi connectivity index (χ3n) is 6.90. The predicted molar refractivity (Wildman–Crippen MR) is 164 cm³/mol. The number of hydrogen-bond acceptors (Lipinski definition) is 0. The third-order valence-corrected chi connectivity index (χ3v) is 6.90. The average Bonchev–Trinajstić information content (AvgIpc) is 2.93. The van der Waals surface area contributed by atoms with Crippen LogP contribution in [0.3, 0.4) is 0 Å². The summed E-state index contributed by atoms with van der Waals surface area (Å²) in [6.45, 7) is 9.72. The van der Waals surface area contributed by atoms with Crippen LogP contribution in [-0.4, -0.2) is 0 Å². The highest BCUT2D eigenvalue weighted by Crippen LogP contribution is 2.44. The summed E-state index contributed by atoms with van der Waals surface area (Å²) in [7, 11) is 0. The molecule has 0 heteroatoms. The van der Waals surface area contributed by atoms with Crippen molar-refractivity contribution in [1.82, 2.24) is 0 Å². The summed E-state index contributed by atoms with van der Waals surface area (Å²) in [6, 6.07) is 40.2. The van der Waals surface area contributed by atoms with E-state index in [1.807, 2.05) is 19.1 Å². The van der Waals surface area contributed by atoms with E-state index in [0.717, 1.165) is 0 Å². The van der Waals surface area contributed by atoms with Gasteiger partial charge in [0.25, 0.3) is 0 Å². The molecule has 0 aromatic heterocycles. The molecule has 0 aliphatic carbocycles. The van der Waals surface area contributed by atoms with Crippen LogP contribution in [-0.2, 0) is 0 Å². The van der Waals surface area contributed by atoms with Crippen LogP contribution in [0.25, 0.3) is 54.6 Å². The molecule has 6 aromatic rings. The topological polar surface area (TPSA) is 0 Å². The molecule has 0 aliphatic heterocycles. The maximum absolute atomic E-state index is 3.46. The second kappa shape index (κ2) is 10.7. The van der Waals surface area contributed by atoms with Gasteiger partial charge in [0.2, 0.25) is 0 Å². The molecule has 0 fully saturated rings. The van der Waals surface area contributed by atoms with Crippen LogP contribution in [0.15, 0.2) is 134 Å². The van der Waals surface area contributed by atoms with E-state index in [2.05, 4.69) is 130 Å². The number of allylic oxidation sites excluding steroid dienone is 3. The fourth-order valence-corrected chi connectivity index (χ4v) is 5.06. The minimum atomic E-state index is 1.27. The van der Waals surface area contributed by atoms with Gasteiger partial charge in [-0.15, -0.1) is 0 Å². The lowest BCUT2D eigenvalue weighted by Gasteiger charge is -2.19. The van der Waals surface area contributed by atoms with E-state index in [-0.39, 0.29) is 0 Å². The van der Waals surface area contributed by atoms with Gasteiger partial charge in [0.1, 0.15) is 0 Å². The first-order valence-electron chi connectivity index (χ1n) is 12.9. The lowest BCUT2D eigenvalue weighted by molar-refractivity contribution is 1.47. The Balaban J connectivity index is 0.000000514. The Morgan fingerprint density at radius 2 is 0.919 bits per heavy atom. The molecule has 6 aromatic carbocycles. The van der Waals surface area contributed by atoms with Gasteiger partial charge in [-0.25, -0.2) is 0 Å². The van der Waals surface area contributed by atoms with Gasteiger partial charge in [-0.3, -0.25) is 0 Å². The number of rotatable bonds is 3. The molecule has 0 amide bonds. The first-order valence-corrected chi connectivity index (χ1v) is 12.9. The highest BCUT2D eigenvalue weighted by molar-refractivity contribution is 6.23. The molecule has 180 valence electrons. The fraction of sp³-hybridized carbons (Fsp3) is 0.0811. The molecule has 0 N–H and O–H groups in total. The van der Waals surface area contributed by atoms with Crippen LogP contribution >= 0.6 is 0 Å². The quantitative estimate of drug-likeness (QED) is 0.176. The van der Waals surface area contributed by atoms with Crippen molar-refractivity contribution in [3.05, 3.63) is 145 Å². The Bertz CT molecular complexity index is 1610. The summed E-state index contributed by atoms with van der Waals surface area (Å²) in [6.07, 6.45) is 5.58. The molecule has 0 aliphatic rings. The van der Waals surface area contributed by atoms with Crippen LogP contribution in [0.1, 0.15) is 18.1 Å². The predicted octanol–water partition coefficient (Wildman–Crippen LogP) is 10.8. The zero-order valence-corrected chi connectivity index (χ0v) is 21.8. The Hall–Kier alpha value is -4.42. The number of benzene rings is 6. The maximum atomic E-state index is 3.46. The van der Waals surface area contributed by atoms with Crippen molar-refractivity contribution < 1.29 is 0 Å². The van der Waals surface area contributed by atoms with Gasteiger partial charge in [-0.05, 0) is 87.5 Å². The first kappa shape index (κ1) is 24.3. The highest BCUT2D eigenvalue weighted by Gasteiger charge is 2.17. The molecule has 0 heterocycles. The summed E-state index contributed by atoms with van der Waals surface area (Å²) in [5, 5.41) is 7.77. The molecule has 0 bridgehead atoms. The van der Waals surface area contributed by atoms with Crippen LogP contribution in [0.5, 0.6) is 0 Å². The normalized spacial score (nSPS) is 11.1. The van der Waals surface area contributed by atoms with Crippen molar-refractivity contribution in [3.8, 4) is 22.3 Å². The number of fused-ring (bicyclic) bond motifs is 3. The van der Waals surface area contributed by atoms with E-state index in [0.29, 0.717) is 0 Å². The lowest BCUT2D eigenvalue weighted by atomic mass is 9.84. The van der Waals surface area contributed by atoms with Crippen LogP contribution in [0.2, 0.25) is 0 Å². The van der Waals surface area contributed by atoms with E-state index >= 15 is 0 Å². The standard InChI is InChI=1S/C32H24.C5H8/c1-21-11-15-23(16-12-21)31-27-9-5-6-10-28(27)32(24-17-13-22(2)14-18-24)30-20-26-8-4-3-7-25(26)19-29(30)31;1-3-5-4-2/h3-20H,1-2H3;3-5H,1H2,2H3/b;5-4-. The smallest absolute Gasteiger partial charge is 0.00261 e. The summed E-state index contributed by atoms with van der Waals surface area (Å²) in [5.74, 6) is 0. The van der Waals surface area contributed by atoms with Crippen molar-refractivity contribution in [2.24, 2.45) is 0 Å². The Morgan fingerprint density at radius 1 is 0.514 bits per heavy atom. The molecule has 0 nitrogen and oxygen atoms in total. The molecule has 6 rings (SSSR count). The molecule has 0 radical (unpaired) electrons. The van der Waals surface area contributed by atoms with Gasteiger partial charge in [-0.2, -0.15) is 0 Å². The Kier molecular flexibility index (Phi) is 7.01. The van der Waals surface area contributed by atoms with Gasteiger partial charge < -0.3 is 0 Å².